The number of fused-ring (bicyclic) bond motifs is 5. The lowest BCUT2D eigenvalue weighted by molar-refractivity contribution is -0.142. The average Bonchev–Trinajstić information content (AvgIpc) is 3.51. The molecule has 3 unspecified atom stereocenters. The summed E-state index contributed by atoms with van der Waals surface area (Å²) in [6.45, 7) is 1.73. The largest absolute Gasteiger partial charge is 0.350 e. The van der Waals surface area contributed by atoms with E-state index in [0.29, 0.717) is 58.3 Å². The predicted molar refractivity (Wildman–Crippen MR) is 187 cm³/mol. The molecule has 9 nitrogen and oxygen atoms in total. The molecule has 1 aliphatic heterocycles. The molecule has 3 aromatic rings. The Balaban J connectivity index is 1.52. The highest BCUT2D eigenvalue weighted by molar-refractivity contribution is 5.94. The number of nitrogens with zero attached hydrogens (tertiary/aromatic N) is 1. The molecule has 2 bridgehead atoms. The number of allylic oxidation sites excluding steroid dienone is 1. The van der Waals surface area contributed by atoms with E-state index in [0.717, 1.165) is 46.2 Å². The first-order chi connectivity index (χ1) is 22.9. The maximum Gasteiger partial charge on any atom is 0.245 e. The van der Waals surface area contributed by atoms with Crippen molar-refractivity contribution in [1.82, 2.24) is 20.9 Å². The van der Waals surface area contributed by atoms with E-state index in [2.05, 4.69) is 52.4 Å². The van der Waals surface area contributed by atoms with Crippen molar-refractivity contribution in [2.24, 2.45) is 11.5 Å². The number of benzene rings is 3. The zero-order valence-electron chi connectivity index (χ0n) is 27.3. The van der Waals surface area contributed by atoms with Crippen LogP contribution in [0.25, 0.3) is 16.7 Å². The van der Waals surface area contributed by atoms with Crippen molar-refractivity contribution in [3.05, 3.63) is 101 Å². The first-order valence-electron chi connectivity index (χ1n) is 16.8. The molecule has 0 fully saturated rings. The Labute approximate surface area is 278 Å². The Morgan fingerprint density at radius 2 is 1.49 bits per heavy atom. The Kier molecular flexibility index (Phi) is 11.9. The number of hydrogen-bond donors (Lipinski definition) is 5. The third-order valence-electron chi connectivity index (χ3n) is 9.30. The van der Waals surface area contributed by atoms with Gasteiger partial charge >= 0.3 is 0 Å². The van der Waals surface area contributed by atoms with Crippen LogP contribution in [0.5, 0.6) is 0 Å². The second-order valence-corrected chi connectivity index (χ2v) is 12.5. The summed E-state index contributed by atoms with van der Waals surface area (Å²) in [5.41, 5.74) is 19.0. The van der Waals surface area contributed by atoms with Crippen LogP contribution in [0.3, 0.4) is 0 Å². The van der Waals surface area contributed by atoms with Crippen LogP contribution in [0.15, 0.2) is 78.9 Å². The molecule has 0 radical (unpaired) electrons. The number of amides is 3. The smallest absolute Gasteiger partial charge is 0.245 e. The van der Waals surface area contributed by atoms with Gasteiger partial charge < -0.3 is 32.3 Å². The number of nitrogens with two attached hydrogens (primary N) is 2. The molecule has 2 aliphatic rings. The Morgan fingerprint density at radius 3 is 2.28 bits per heavy atom. The number of carbonyl (C=O) groups is 3. The van der Waals surface area contributed by atoms with Crippen LogP contribution in [-0.2, 0) is 33.9 Å². The number of nitrogens with one attached hydrogen (secondary N) is 3. The van der Waals surface area contributed by atoms with Gasteiger partial charge in [-0.2, -0.15) is 0 Å². The van der Waals surface area contributed by atoms with Crippen LogP contribution in [0.1, 0.15) is 60.8 Å². The van der Waals surface area contributed by atoms with E-state index in [4.69, 9.17) is 11.5 Å². The van der Waals surface area contributed by atoms with Gasteiger partial charge in [0.2, 0.25) is 17.7 Å². The lowest BCUT2D eigenvalue weighted by Gasteiger charge is -2.32. The second kappa shape index (κ2) is 16.5. The molecular formula is C38H48N6O3. The lowest BCUT2D eigenvalue weighted by Crippen LogP contribution is -2.56. The van der Waals surface area contributed by atoms with Gasteiger partial charge in [0.05, 0.1) is 6.04 Å². The van der Waals surface area contributed by atoms with Gasteiger partial charge in [-0.05, 0) is 96.6 Å². The minimum Gasteiger partial charge on any atom is -0.350 e. The minimum absolute atomic E-state index is 0.242. The Morgan fingerprint density at radius 1 is 0.766 bits per heavy atom. The lowest BCUT2D eigenvalue weighted by atomic mass is 9.96. The molecule has 0 saturated heterocycles. The van der Waals surface area contributed by atoms with Crippen molar-refractivity contribution >= 4 is 23.3 Å². The summed E-state index contributed by atoms with van der Waals surface area (Å²) in [6, 6.07) is 22.3. The molecular weight excluding hydrogens is 588 g/mol. The van der Waals surface area contributed by atoms with E-state index in [1.165, 1.54) is 10.5 Å². The van der Waals surface area contributed by atoms with Crippen molar-refractivity contribution in [2.75, 3.05) is 20.1 Å². The molecule has 0 saturated carbocycles. The van der Waals surface area contributed by atoms with Crippen LogP contribution in [0.2, 0.25) is 0 Å². The van der Waals surface area contributed by atoms with Crippen molar-refractivity contribution in [3.63, 3.8) is 0 Å². The fourth-order valence-electron chi connectivity index (χ4n) is 6.58. The maximum atomic E-state index is 14.3. The summed E-state index contributed by atoms with van der Waals surface area (Å²) in [6.07, 6.45) is 6.30. The van der Waals surface area contributed by atoms with Gasteiger partial charge in [0.15, 0.2) is 0 Å². The first-order valence-corrected chi connectivity index (χ1v) is 16.8. The van der Waals surface area contributed by atoms with Crippen LogP contribution in [-0.4, -0.2) is 60.9 Å². The zero-order valence-corrected chi connectivity index (χ0v) is 27.3. The zero-order chi connectivity index (χ0) is 33.2. The average molecular weight is 637 g/mol. The summed E-state index contributed by atoms with van der Waals surface area (Å²) in [4.78, 5) is 43.8. The Bertz CT molecular complexity index is 1590. The van der Waals surface area contributed by atoms with Gasteiger partial charge in [0, 0.05) is 26.6 Å². The predicted octanol–water partition coefficient (Wildman–Crippen LogP) is 3.65. The van der Waals surface area contributed by atoms with Crippen LogP contribution >= 0.6 is 0 Å². The van der Waals surface area contributed by atoms with Gasteiger partial charge in [-0.15, -0.1) is 0 Å². The van der Waals surface area contributed by atoms with E-state index in [1.54, 1.807) is 7.05 Å². The van der Waals surface area contributed by atoms with Gasteiger partial charge in [0.1, 0.15) is 12.1 Å². The molecule has 3 aromatic carbocycles. The monoisotopic (exact) mass is 636 g/mol. The molecule has 0 spiro atoms. The fourth-order valence-corrected chi connectivity index (χ4v) is 6.58. The number of unbranched alkanes of at least 4 members (excludes halogenated alkanes) is 1. The highest BCUT2D eigenvalue weighted by Crippen LogP contribution is 2.32. The second-order valence-electron chi connectivity index (χ2n) is 12.5. The standard InChI is InChI=1S/C38H48N6O3/c1-44-35(23-29-19-18-27-11-2-4-14-31(27)29)37(46)42-25-30-12-3-5-15-32(30)28-13-8-10-26(22-28)24-41-33(17-9-21-40)36(45)43-34(38(44)47)16-6-7-20-39/h2-5,8,10-15,19,22,33-35,41H,6-7,9,16-18,20-21,23-25,39-40H2,1H3,(H,42,46)(H,43,45). The van der Waals surface area contributed by atoms with Gasteiger partial charge in [-0.1, -0.05) is 72.8 Å². The molecule has 7 N–H and O–H groups in total. The highest BCUT2D eigenvalue weighted by atomic mass is 16.2. The van der Waals surface area contributed by atoms with Crippen molar-refractivity contribution < 1.29 is 14.4 Å². The van der Waals surface area contributed by atoms with E-state index in [1.807, 2.05) is 42.5 Å². The van der Waals surface area contributed by atoms with Crippen molar-refractivity contribution in [2.45, 2.75) is 76.2 Å². The topological polar surface area (TPSA) is 143 Å². The maximum absolute atomic E-state index is 14.3. The highest BCUT2D eigenvalue weighted by Gasteiger charge is 2.34. The van der Waals surface area contributed by atoms with Crippen LogP contribution < -0.4 is 27.4 Å². The SMILES string of the molecule is CN1C(=O)C(CCCCN)NC(=O)C(CCCN)NCc2cccc(c2)-c2ccccc2CNC(=O)C1CC1=CCc2ccccc21. The molecule has 47 heavy (non-hydrogen) atoms. The quantitative estimate of drug-likeness (QED) is 0.227. The normalized spacial score (nSPS) is 20.5. The number of likely N-dealkylation sites (N-methyl/N-ethyl adjacent to an activating group) is 1. The number of rotatable bonds is 9. The van der Waals surface area contributed by atoms with Crippen LogP contribution in [0, 0.1) is 0 Å². The third kappa shape index (κ3) is 8.54. The molecule has 248 valence electrons. The molecule has 0 aromatic heterocycles. The molecule has 3 amide bonds. The molecule has 1 heterocycles. The molecule has 5 rings (SSSR count). The first kappa shape index (κ1) is 34.0. The van der Waals surface area contributed by atoms with E-state index in [9.17, 15) is 14.4 Å². The molecule has 3 atom stereocenters. The summed E-state index contributed by atoms with van der Waals surface area (Å²) in [5, 5.41) is 9.64. The Hall–Kier alpha value is -4.31. The number of carbonyl (C=O) groups excluding carboxylic acids is 3. The van der Waals surface area contributed by atoms with Gasteiger partial charge in [-0.3, -0.25) is 14.4 Å². The summed E-state index contributed by atoms with van der Waals surface area (Å²) >= 11 is 0. The van der Waals surface area contributed by atoms with Gasteiger partial charge in [0.25, 0.3) is 0 Å². The molecule has 1 aliphatic carbocycles. The number of hydrogen-bond acceptors (Lipinski definition) is 6. The minimum atomic E-state index is -0.805. The van der Waals surface area contributed by atoms with Crippen molar-refractivity contribution in [1.29, 1.82) is 0 Å². The van der Waals surface area contributed by atoms with E-state index >= 15 is 0 Å². The molecule has 9 heteroatoms. The van der Waals surface area contributed by atoms with E-state index < -0.39 is 18.1 Å². The van der Waals surface area contributed by atoms with Crippen molar-refractivity contribution in [3.8, 4) is 11.1 Å². The summed E-state index contributed by atoms with van der Waals surface area (Å²) in [7, 11) is 1.67. The fraction of sp³-hybridized carbons (Fsp3) is 0.395. The summed E-state index contributed by atoms with van der Waals surface area (Å²) < 4.78 is 0. The van der Waals surface area contributed by atoms with Gasteiger partial charge in [-0.25, -0.2) is 0 Å². The van der Waals surface area contributed by atoms with Crippen LogP contribution in [0.4, 0.5) is 0 Å². The summed E-state index contributed by atoms with van der Waals surface area (Å²) in [5.74, 6) is -0.790. The van der Waals surface area contributed by atoms with E-state index in [-0.39, 0.29) is 17.7 Å². The third-order valence-corrected chi connectivity index (χ3v) is 9.30.